The summed E-state index contributed by atoms with van der Waals surface area (Å²) in [6.45, 7) is 17.8. The molecule has 8 atom stereocenters. The molecule has 4 amide bonds. The Bertz CT molecular complexity index is 1540. The Labute approximate surface area is 374 Å². The van der Waals surface area contributed by atoms with Gasteiger partial charge in [0.25, 0.3) is 0 Å². The Hall–Kier alpha value is -2.70. The molecular weight excluding hydrogens is 751 g/mol. The molecule has 2 saturated heterocycles. The number of imide groups is 2. The molecule has 0 aromatic carbocycles. The summed E-state index contributed by atoms with van der Waals surface area (Å²) < 4.78 is 0. The lowest BCUT2D eigenvalue weighted by atomic mass is 9.86. The van der Waals surface area contributed by atoms with Crippen LogP contribution in [-0.2, 0) is 19.2 Å². The second-order valence-electron chi connectivity index (χ2n) is 19.9. The number of unbranched alkanes of at least 4 members (excludes halogenated alkanes) is 10. The Balaban J connectivity index is 1.70. The van der Waals surface area contributed by atoms with E-state index in [1.165, 1.54) is 76.9 Å². The maximum Gasteiger partial charge on any atom is 0.376 e. The topological polar surface area (TPSA) is 74.8 Å². The van der Waals surface area contributed by atoms with Crippen molar-refractivity contribution in [2.75, 3.05) is 0 Å². The molecule has 2 heterocycles. The van der Waals surface area contributed by atoms with Gasteiger partial charge in [-0.05, 0) is 127 Å². The van der Waals surface area contributed by atoms with Gasteiger partial charge in [0.1, 0.15) is 0 Å². The summed E-state index contributed by atoms with van der Waals surface area (Å²) in [6, 6.07) is 0. The number of fused-ring (bicyclic) bond motifs is 2. The average molecular weight is 841 g/mol. The fourth-order valence-electron chi connectivity index (χ4n) is 11.5. The van der Waals surface area contributed by atoms with Gasteiger partial charge in [-0.1, -0.05) is 166 Å². The molecule has 0 aromatic heterocycles. The van der Waals surface area contributed by atoms with Crippen LogP contribution in [0.15, 0.2) is 46.6 Å². The molecule has 2 saturated carbocycles. The van der Waals surface area contributed by atoms with Crippen molar-refractivity contribution in [3.63, 3.8) is 0 Å². The average Bonchev–Trinajstić information content (AvgIpc) is 3.93. The first-order chi connectivity index (χ1) is 29.6. The van der Waals surface area contributed by atoms with Gasteiger partial charge in [-0.2, -0.15) is 0 Å². The highest BCUT2D eigenvalue weighted by molar-refractivity contribution is 6.49. The minimum absolute atomic E-state index is 0.0157. The van der Waals surface area contributed by atoms with Crippen LogP contribution in [-0.4, -0.2) is 40.8 Å². The van der Waals surface area contributed by atoms with Crippen molar-refractivity contribution < 1.29 is 19.2 Å². The van der Waals surface area contributed by atoms with Crippen molar-refractivity contribution in [1.82, 2.24) is 9.62 Å². The van der Waals surface area contributed by atoms with E-state index in [2.05, 4.69) is 79.7 Å². The van der Waals surface area contributed by atoms with Crippen LogP contribution in [0.4, 0.5) is 0 Å². The summed E-state index contributed by atoms with van der Waals surface area (Å²) in [4.78, 5) is 61.9. The van der Waals surface area contributed by atoms with E-state index in [1.54, 1.807) is 0 Å². The first kappa shape index (κ1) is 50.9. The van der Waals surface area contributed by atoms with Crippen LogP contribution in [0.3, 0.4) is 0 Å². The summed E-state index contributed by atoms with van der Waals surface area (Å²) in [5.74, 6) is -2.55. The molecule has 8 unspecified atom stereocenters. The van der Waals surface area contributed by atoms with E-state index >= 15 is 0 Å². The molecule has 2 aliphatic heterocycles. The zero-order valence-electron chi connectivity index (χ0n) is 40.5. The molecule has 4 fully saturated rings. The molecule has 0 radical (unpaired) electrons. The molecule has 2 aliphatic carbocycles. The molecule has 4 rings (SSSR count). The van der Waals surface area contributed by atoms with Crippen molar-refractivity contribution in [2.45, 2.75) is 222 Å². The summed E-state index contributed by atoms with van der Waals surface area (Å²) >= 11 is 0. The van der Waals surface area contributed by atoms with E-state index in [1.807, 2.05) is 0 Å². The molecule has 4 aliphatic rings. The summed E-state index contributed by atoms with van der Waals surface area (Å²) in [5, 5.41) is 0. The van der Waals surface area contributed by atoms with Crippen molar-refractivity contribution in [3.05, 3.63) is 46.6 Å². The standard InChI is InChI=1S/C54H89BN2O4/c1-9-16-22-25-32-42(29-21-14-6)36-46-38-44(34-40(26-15-7)30-23-17-10-2)49-50(46)54(61)57(53(49)60)55-56-51(58)47-43(33-39(8)27-19-12-4)37-45(48(47)52(56)59)35-41(28-20-13-5)31-24-18-11-3/h33-36,43-50,55H,9-32,37-38H2,1-8H3/b39-33+,40-34+,41-35+,42-36+. The largest absolute Gasteiger partial charge is 0.376 e. The van der Waals surface area contributed by atoms with E-state index in [0.29, 0.717) is 0 Å². The molecule has 6 nitrogen and oxygen atoms in total. The molecule has 0 bridgehead atoms. The molecule has 0 spiro atoms. The number of amides is 4. The van der Waals surface area contributed by atoms with Crippen LogP contribution in [0.2, 0.25) is 0 Å². The lowest BCUT2D eigenvalue weighted by molar-refractivity contribution is -0.137. The van der Waals surface area contributed by atoms with Gasteiger partial charge in [0.05, 0.1) is 23.7 Å². The number of hydrogen-bond donors (Lipinski definition) is 0. The third-order valence-electron chi connectivity index (χ3n) is 14.8. The highest BCUT2D eigenvalue weighted by Crippen LogP contribution is 2.52. The van der Waals surface area contributed by atoms with Crippen molar-refractivity contribution >= 4 is 31.2 Å². The van der Waals surface area contributed by atoms with E-state index in [0.717, 1.165) is 122 Å². The lowest BCUT2D eigenvalue weighted by Gasteiger charge is -2.25. The minimum Gasteiger partial charge on any atom is -0.309 e. The maximum atomic E-state index is 14.9. The van der Waals surface area contributed by atoms with Crippen molar-refractivity contribution in [2.24, 2.45) is 47.3 Å². The fraction of sp³-hybridized carbons (Fsp3) is 0.778. The van der Waals surface area contributed by atoms with Crippen LogP contribution in [0.1, 0.15) is 222 Å². The van der Waals surface area contributed by atoms with Crippen molar-refractivity contribution in [1.29, 1.82) is 0 Å². The maximum absolute atomic E-state index is 14.9. The number of carbonyl (C=O) groups is 4. The van der Waals surface area contributed by atoms with Gasteiger partial charge in [-0.25, -0.2) is 0 Å². The summed E-state index contributed by atoms with van der Waals surface area (Å²) in [5.41, 5.74) is 5.59. The fourth-order valence-corrected chi connectivity index (χ4v) is 11.5. The summed E-state index contributed by atoms with van der Waals surface area (Å²) in [7, 11) is -0.235. The smallest absolute Gasteiger partial charge is 0.309 e. The van der Waals surface area contributed by atoms with Gasteiger partial charge < -0.3 is 9.62 Å². The van der Waals surface area contributed by atoms with Crippen LogP contribution in [0.5, 0.6) is 0 Å². The zero-order valence-corrected chi connectivity index (χ0v) is 40.5. The van der Waals surface area contributed by atoms with Gasteiger partial charge >= 0.3 is 7.55 Å². The monoisotopic (exact) mass is 841 g/mol. The first-order valence-corrected chi connectivity index (χ1v) is 26.0. The predicted octanol–water partition coefficient (Wildman–Crippen LogP) is 14.0. The van der Waals surface area contributed by atoms with Crippen LogP contribution < -0.4 is 0 Å². The van der Waals surface area contributed by atoms with Gasteiger partial charge in [-0.3, -0.25) is 19.2 Å². The van der Waals surface area contributed by atoms with Gasteiger partial charge in [0.15, 0.2) is 0 Å². The van der Waals surface area contributed by atoms with E-state index < -0.39 is 23.7 Å². The highest BCUT2D eigenvalue weighted by atomic mass is 16.2. The Morgan fingerprint density at radius 1 is 0.410 bits per heavy atom. The minimum atomic E-state index is -0.444. The predicted molar refractivity (Wildman–Crippen MR) is 257 cm³/mol. The Morgan fingerprint density at radius 3 is 1.10 bits per heavy atom. The Morgan fingerprint density at radius 2 is 0.721 bits per heavy atom. The number of allylic oxidation sites excluding steroid dienone is 8. The number of nitrogens with zero attached hydrogens (tertiary/aromatic N) is 2. The third-order valence-corrected chi connectivity index (χ3v) is 14.8. The highest BCUT2D eigenvalue weighted by Gasteiger charge is 2.61. The molecular formula is C54H89BN2O4. The van der Waals surface area contributed by atoms with E-state index in [9.17, 15) is 19.2 Å². The molecule has 61 heavy (non-hydrogen) atoms. The van der Waals surface area contributed by atoms with Crippen LogP contribution in [0.25, 0.3) is 0 Å². The lowest BCUT2D eigenvalue weighted by Crippen LogP contribution is -2.49. The molecule has 0 aromatic rings. The number of rotatable bonds is 30. The quantitative estimate of drug-likeness (QED) is 0.0312. The number of hydrogen-bond acceptors (Lipinski definition) is 4. The van der Waals surface area contributed by atoms with Gasteiger partial charge in [0.2, 0.25) is 23.6 Å². The van der Waals surface area contributed by atoms with E-state index in [4.69, 9.17) is 0 Å². The van der Waals surface area contributed by atoms with E-state index in [-0.39, 0.29) is 54.8 Å². The second kappa shape index (κ2) is 26.8. The molecule has 7 heteroatoms. The Kier molecular flexibility index (Phi) is 22.4. The normalized spacial score (nSPS) is 27.3. The zero-order chi connectivity index (χ0) is 44.3. The van der Waals surface area contributed by atoms with Crippen LogP contribution >= 0.6 is 0 Å². The second-order valence-corrected chi connectivity index (χ2v) is 19.9. The van der Waals surface area contributed by atoms with Crippen LogP contribution in [0, 0.1) is 47.3 Å². The molecule has 0 N–H and O–H groups in total. The molecule has 342 valence electrons. The van der Waals surface area contributed by atoms with Gasteiger partial charge in [-0.15, -0.1) is 0 Å². The van der Waals surface area contributed by atoms with Crippen molar-refractivity contribution in [3.8, 4) is 0 Å². The number of carbonyl (C=O) groups excluding carboxylic acids is 4. The first-order valence-electron chi connectivity index (χ1n) is 26.0. The summed E-state index contributed by atoms with van der Waals surface area (Å²) in [6.07, 6.45) is 38.0. The van der Waals surface area contributed by atoms with Gasteiger partial charge in [0, 0.05) is 0 Å². The SMILES string of the molecule is CCCCCC/C(=C/C1CC(/C=C(\CCC)CCCCC)C2C(=O)N(BN3C(=O)C4C(/C=C(\C)CCCC)CC(/C=C(\CCCC)CCCCC)C4C3=O)C(=O)C12)CCCC. The third kappa shape index (κ3) is 13.9.